The Morgan fingerprint density at radius 1 is 1.06 bits per heavy atom. The molecule has 0 atom stereocenters. The molecule has 3 aliphatic rings. The number of para-hydroxylation sites is 1. The zero-order valence-electron chi connectivity index (χ0n) is 29.7. The molecule has 2 heterocycles. The van der Waals surface area contributed by atoms with Crippen LogP contribution in [-0.4, -0.2) is 101 Å². The van der Waals surface area contributed by atoms with Gasteiger partial charge in [0.15, 0.2) is 0 Å². The average molecular weight is 771 g/mol. The van der Waals surface area contributed by atoms with E-state index in [1.807, 2.05) is 49.5 Å². The Bertz CT molecular complexity index is 1770. The molecule has 286 valence electrons. The van der Waals surface area contributed by atoms with Gasteiger partial charge in [0.2, 0.25) is 5.91 Å². The SMILES string of the molecule is CCCCCC(=O)N(CCCSc1ccc(Cl)c(COC2(c3cnccc3-c3ccccc3OC3CC3)CC2)c1)C(O)(O)C(O)(O)N1CCN(O)C1=O. The van der Waals surface area contributed by atoms with E-state index in [1.54, 1.807) is 12.3 Å². The summed E-state index contributed by atoms with van der Waals surface area (Å²) in [5.41, 5.74) is 3.32. The molecule has 0 radical (unpaired) electrons. The predicted octanol–water partition coefficient (Wildman–Crippen LogP) is 5.44. The smallest absolute Gasteiger partial charge is 0.348 e. The molecule has 1 saturated heterocycles. The lowest BCUT2D eigenvalue weighted by atomic mass is 9.96. The monoisotopic (exact) mass is 770 g/mol. The number of urea groups is 1. The van der Waals surface area contributed by atoms with Gasteiger partial charge in [-0.05, 0) is 85.7 Å². The molecule has 2 aromatic carbocycles. The van der Waals surface area contributed by atoms with Crippen LogP contribution >= 0.6 is 23.4 Å². The molecular formula is C38H47ClN4O9S. The Labute approximate surface area is 318 Å². The number of amides is 3. The Morgan fingerprint density at radius 3 is 2.53 bits per heavy atom. The number of nitrogens with zero attached hydrogens (tertiary/aromatic N) is 4. The van der Waals surface area contributed by atoms with E-state index < -0.39 is 35.9 Å². The van der Waals surface area contributed by atoms with E-state index in [2.05, 4.69) is 11.1 Å². The van der Waals surface area contributed by atoms with Crippen molar-refractivity contribution < 1.29 is 44.7 Å². The first-order valence-electron chi connectivity index (χ1n) is 18.1. The fourth-order valence-corrected chi connectivity index (χ4v) is 7.50. The van der Waals surface area contributed by atoms with Crippen molar-refractivity contribution >= 4 is 35.3 Å². The number of hydrogen-bond donors (Lipinski definition) is 5. The minimum atomic E-state index is -3.59. The third kappa shape index (κ3) is 8.76. The van der Waals surface area contributed by atoms with E-state index in [0.717, 1.165) is 65.0 Å². The van der Waals surface area contributed by atoms with Crippen LogP contribution in [0.1, 0.15) is 75.8 Å². The first kappa shape index (κ1) is 39.2. The van der Waals surface area contributed by atoms with Gasteiger partial charge in [0, 0.05) is 52.9 Å². The number of aromatic nitrogens is 1. The van der Waals surface area contributed by atoms with E-state index in [4.69, 9.17) is 21.1 Å². The number of benzene rings is 2. The number of unbranched alkanes of at least 4 members (excludes halogenated alkanes) is 2. The molecule has 6 rings (SSSR count). The number of carbonyl (C=O) groups excluding carboxylic acids is 2. The molecule has 3 amide bonds. The van der Waals surface area contributed by atoms with Crippen molar-refractivity contribution in [2.75, 3.05) is 25.4 Å². The molecule has 15 heteroatoms. The number of thioether (sulfide) groups is 1. The summed E-state index contributed by atoms with van der Waals surface area (Å²) in [4.78, 5) is 31.7. The largest absolute Gasteiger partial charge is 0.490 e. The van der Waals surface area contributed by atoms with Crippen molar-refractivity contribution in [2.24, 2.45) is 0 Å². The highest BCUT2D eigenvalue weighted by atomic mass is 35.5. The zero-order chi connectivity index (χ0) is 37.8. The minimum Gasteiger partial charge on any atom is -0.490 e. The highest BCUT2D eigenvalue weighted by molar-refractivity contribution is 7.99. The highest BCUT2D eigenvalue weighted by Gasteiger charge is 2.61. The third-order valence-corrected chi connectivity index (χ3v) is 11.3. The van der Waals surface area contributed by atoms with E-state index >= 15 is 0 Å². The van der Waals surface area contributed by atoms with Gasteiger partial charge in [-0.2, -0.15) is 0 Å². The van der Waals surface area contributed by atoms with Crippen molar-refractivity contribution in [1.29, 1.82) is 0 Å². The summed E-state index contributed by atoms with van der Waals surface area (Å²) in [6.07, 6.45) is 9.86. The van der Waals surface area contributed by atoms with Gasteiger partial charge in [-0.3, -0.25) is 24.8 Å². The normalized spacial score (nSPS) is 17.0. The molecule has 5 N–H and O–H groups in total. The van der Waals surface area contributed by atoms with Gasteiger partial charge in [-0.1, -0.05) is 49.6 Å². The lowest BCUT2D eigenvalue weighted by molar-refractivity contribution is -0.440. The van der Waals surface area contributed by atoms with Crippen LogP contribution in [0.3, 0.4) is 0 Å². The number of aliphatic hydroxyl groups is 4. The van der Waals surface area contributed by atoms with E-state index in [0.29, 0.717) is 33.4 Å². The molecule has 0 bridgehead atoms. The average Bonchev–Trinajstić information content (AvgIpc) is 4.08. The second-order valence-electron chi connectivity index (χ2n) is 13.8. The number of rotatable bonds is 19. The van der Waals surface area contributed by atoms with Crippen molar-refractivity contribution in [3.63, 3.8) is 0 Å². The highest BCUT2D eigenvalue weighted by Crippen LogP contribution is 2.53. The summed E-state index contributed by atoms with van der Waals surface area (Å²) in [6, 6.07) is 14.4. The first-order valence-corrected chi connectivity index (χ1v) is 19.5. The van der Waals surface area contributed by atoms with Crippen LogP contribution in [0.2, 0.25) is 5.02 Å². The van der Waals surface area contributed by atoms with Gasteiger partial charge in [-0.25, -0.2) is 9.86 Å². The number of ether oxygens (including phenoxy) is 2. The maximum Gasteiger partial charge on any atom is 0.348 e. The quantitative estimate of drug-likeness (QED) is 0.0454. The summed E-state index contributed by atoms with van der Waals surface area (Å²) >= 11 is 8.09. The Morgan fingerprint density at radius 2 is 1.83 bits per heavy atom. The fourth-order valence-electron chi connectivity index (χ4n) is 6.43. The van der Waals surface area contributed by atoms with Crippen molar-refractivity contribution in [3.05, 3.63) is 77.1 Å². The van der Waals surface area contributed by atoms with Gasteiger partial charge >= 0.3 is 17.9 Å². The predicted molar refractivity (Wildman–Crippen MR) is 197 cm³/mol. The molecule has 3 fully saturated rings. The first-order chi connectivity index (χ1) is 25.4. The van der Waals surface area contributed by atoms with E-state index in [-0.39, 0.29) is 43.7 Å². The topological polar surface area (TPSA) is 176 Å². The number of hydrogen-bond acceptors (Lipinski definition) is 11. The second kappa shape index (κ2) is 16.5. The number of halogens is 1. The van der Waals surface area contributed by atoms with Crippen LogP contribution in [0.25, 0.3) is 11.1 Å². The van der Waals surface area contributed by atoms with Crippen LogP contribution in [-0.2, 0) is 21.7 Å². The summed E-state index contributed by atoms with van der Waals surface area (Å²) in [7, 11) is 0. The zero-order valence-corrected chi connectivity index (χ0v) is 31.3. The molecule has 2 aliphatic carbocycles. The summed E-state index contributed by atoms with van der Waals surface area (Å²) < 4.78 is 12.9. The molecular weight excluding hydrogens is 724 g/mol. The van der Waals surface area contributed by atoms with Gasteiger partial charge in [0.05, 0.1) is 24.9 Å². The second-order valence-corrected chi connectivity index (χ2v) is 15.4. The Kier molecular flexibility index (Phi) is 12.2. The maximum atomic E-state index is 13.2. The molecule has 1 aromatic heterocycles. The lowest BCUT2D eigenvalue weighted by Gasteiger charge is -2.45. The van der Waals surface area contributed by atoms with E-state index in [9.17, 15) is 35.2 Å². The van der Waals surface area contributed by atoms with Crippen LogP contribution < -0.4 is 4.74 Å². The van der Waals surface area contributed by atoms with Gasteiger partial charge in [0.1, 0.15) is 5.75 Å². The number of pyridine rings is 1. The summed E-state index contributed by atoms with van der Waals surface area (Å²) in [6.45, 7) is 1.26. The molecule has 3 aromatic rings. The van der Waals surface area contributed by atoms with E-state index in [1.165, 1.54) is 11.8 Å². The lowest BCUT2D eigenvalue weighted by Crippen LogP contribution is -2.73. The van der Waals surface area contributed by atoms with Gasteiger partial charge in [0.25, 0.3) is 0 Å². The molecule has 53 heavy (non-hydrogen) atoms. The molecule has 13 nitrogen and oxygen atoms in total. The van der Waals surface area contributed by atoms with Crippen molar-refractivity contribution in [2.45, 2.75) is 99.7 Å². The Hall–Kier alpha value is -3.47. The van der Waals surface area contributed by atoms with Crippen LogP contribution in [0.4, 0.5) is 4.79 Å². The van der Waals surface area contributed by atoms with Crippen LogP contribution in [0.5, 0.6) is 5.75 Å². The van der Waals surface area contributed by atoms with Crippen molar-refractivity contribution in [3.8, 4) is 16.9 Å². The third-order valence-electron chi connectivity index (χ3n) is 9.81. The molecule has 1 aliphatic heterocycles. The summed E-state index contributed by atoms with van der Waals surface area (Å²) in [5, 5.41) is 54.1. The standard InChI is InChI=1S/C38H47ClN4O9S/c1-2-3-4-10-34(44)41(37(46,47)38(48,49)42-20-21-43(50)35(42)45)19-7-22-53-28-13-14-32(39)26(23-28)25-51-36(16-17-36)31-24-40-18-15-29(31)30-8-5-6-9-33(30)52-27-11-12-27/h5-6,8-9,13-15,18,23-24,27,46-50H,2-4,7,10-12,16-17,19-22,25H2,1H3. The maximum absolute atomic E-state index is 13.2. The fraction of sp³-hybridized carbons (Fsp3) is 0.500. The van der Waals surface area contributed by atoms with Gasteiger partial charge in [-0.15, -0.1) is 11.8 Å². The number of carbonyl (C=O) groups is 2. The molecule has 0 unspecified atom stereocenters. The molecule has 2 saturated carbocycles. The van der Waals surface area contributed by atoms with Crippen molar-refractivity contribution in [1.82, 2.24) is 19.8 Å². The van der Waals surface area contributed by atoms with Crippen LogP contribution in [0.15, 0.2) is 65.8 Å². The summed E-state index contributed by atoms with van der Waals surface area (Å²) in [5.74, 6) is -6.61. The minimum absolute atomic E-state index is 0.0661. The van der Waals surface area contributed by atoms with Crippen LogP contribution in [0, 0.1) is 0 Å². The molecule has 0 spiro atoms. The number of hydroxylamine groups is 2. The Balaban J connectivity index is 1.10. The van der Waals surface area contributed by atoms with Gasteiger partial charge < -0.3 is 29.9 Å².